The van der Waals surface area contributed by atoms with Crippen LogP contribution in [0, 0.1) is 0 Å². The maximum atomic E-state index is 11.6. The molecule has 5 nitrogen and oxygen atoms in total. The molecule has 2 saturated heterocycles. The van der Waals surface area contributed by atoms with Crippen LogP contribution in [0.3, 0.4) is 0 Å². The first-order valence-corrected chi connectivity index (χ1v) is 7.35. The second-order valence-electron chi connectivity index (χ2n) is 5.63. The summed E-state index contributed by atoms with van der Waals surface area (Å²) in [6, 6.07) is 2.76. The van der Waals surface area contributed by atoms with Crippen molar-refractivity contribution in [2.75, 3.05) is 18.4 Å². The summed E-state index contributed by atoms with van der Waals surface area (Å²) in [4.78, 5) is 21.4. The fourth-order valence-electron chi connectivity index (χ4n) is 3.31. The number of aryl methyl sites for hydroxylation is 1. The zero-order chi connectivity index (χ0) is 13.2. The molecule has 3 rings (SSSR count). The van der Waals surface area contributed by atoms with Gasteiger partial charge in [-0.3, -0.25) is 4.79 Å². The summed E-state index contributed by atoms with van der Waals surface area (Å²) in [6.45, 7) is 4.44. The standard InChI is InChI=1S/C14H22N4O/c1-2-12-16-13(9-14(19)17-12)15-10-5-7-18-6-3-4-11(18)8-10/h9-11H,2-8H2,1H3,(H2,15,16,17,19). The summed E-state index contributed by atoms with van der Waals surface area (Å²) in [5.74, 6) is 1.49. The molecule has 3 heterocycles. The molecule has 2 aliphatic rings. The molecule has 1 aromatic heterocycles. The van der Waals surface area contributed by atoms with Crippen LogP contribution in [0.1, 0.15) is 38.4 Å². The van der Waals surface area contributed by atoms with Crippen molar-refractivity contribution in [1.29, 1.82) is 0 Å². The molecular formula is C14H22N4O. The molecule has 2 fully saturated rings. The highest BCUT2D eigenvalue weighted by molar-refractivity contribution is 5.34. The van der Waals surface area contributed by atoms with E-state index in [0.717, 1.165) is 30.5 Å². The molecule has 5 heteroatoms. The van der Waals surface area contributed by atoms with E-state index in [0.29, 0.717) is 6.04 Å². The molecule has 2 aliphatic heterocycles. The third kappa shape index (κ3) is 2.81. The van der Waals surface area contributed by atoms with Gasteiger partial charge in [-0.1, -0.05) is 6.92 Å². The first-order valence-electron chi connectivity index (χ1n) is 7.35. The van der Waals surface area contributed by atoms with Gasteiger partial charge in [0.05, 0.1) is 0 Å². The molecule has 0 bridgehead atoms. The fraction of sp³-hybridized carbons (Fsp3) is 0.714. The maximum absolute atomic E-state index is 11.6. The van der Waals surface area contributed by atoms with Crippen LogP contribution >= 0.6 is 0 Å². The van der Waals surface area contributed by atoms with Gasteiger partial charge in [-0.15, -0.1) is 0 Å². The van der Waals surface area contributed by atoms with E-state index in [4.69, 9.17) is 0 Å². The molecule has 0 aliphatic carbocycles. The van der Waals surface area contributed by atoms with Crippen molar-refractivity contribution in [3.05, 3.63) is 22.2 Å². The number of nitrogens with zero attached hydrogens (tertiary/aromatic N) is 2. The minimum absolute atomic E-state index is 0.0624. The summed E-state index contributed by atoms with van der Waals surface area (Å²) in [6.07, 6.45) is 5.73. The van der Waals surface area contributed by atoms with E-state index in [-0.39, 0.29) is 5.56 Å². The second kappa shape index (κ2) is 5.33. The van der Waals surface area contributed by atoms with Crippen LogP contribution in [0.25, 0.3) is 0 Å². The molecule has 2 N–H and O–H groups in total. The first kappa shape index (κ1) is 12.7. The number of nitrogens with one attached hydrogen (secondary N) is 2. The van der Waals surface area contributed by atoms with Crippen LogP contribution in [-0.4, -0.2) is 40.0 Å². The zero-order valence-electron chi connectivity index (χ0n) is 11.5. The number of hydrogen-bond acceptors (Lipinski definition) is 4. The lowest BCUT2D eigenvalue weighted by molar-refractivity contribution is 0.188. The Balaban J connectivity index is 1.68. The van der Waals surface area contributed by atoms with Gasteiger partial charge in [0.1, 0.15) is 11.6 Å². The third-order valence-electron chi connectivity index (χ3n) is 4.30. The SMILES string of the molecule is CCc1nc(NC2CCN3CCCC3C2)cc(=O)[nH]1. The summed E-state index contributed by atoms with van der Waals surface area (Å²) in [5, 5.41) is 3.45. The van der Waals surface area contributed by atoms with Crippen LogP contribution in [0.4, 0.5) is 5.82 Å². The van der Waals surface area contributed by atoms with Crippen LogP contribution in [0.15, 0.2) is 10.9 Å². The van der Waals surface area contributed by atoms with Gasteiger partial charge >= 0.3 is 0 Å². The Morgan fingerprint density at radius 2 is 2.37 bits per heavy atom. The van der Waals surface area contributed by atoms with Gasteiger partial charge in [-0.25, -0.2) is 4.98 Å². The molecule has 0 saturated carbocycles. The van der Waals surface area contributed by atoms with Crippen molar-refractivity contribution >= 4 is 5.82 Å². The highest BCUT2D eigenvalue weighted by Gasteiger charge is 2.31. The number of rotatable bonds is 3. The summed E-state index contributed by atoms with van der Waals surface area (Å²) < 4.78 is 0. The smallest absolute Gasteiger partial charge is 0.252 e. The predicted molar refractivity (Wildman–Crippen MR) is 75.5 cm³/mol. The van der Waals surface area contributed by atoms with Gasteiger partial charge < -0.3 is 15.2 Å². The monoisotopic (exact) mass is 262 g/mol. The highest BCUT2D eigenvalue weighted by Crippen LogP contribution is 2.28. The van der Waals surface area contributed by atoms with Crippen molar-refractivity contribution in [2.24, 2.45) is 0 Å². The van der Waals surface area contributed by atoms with E-state index in [9.17, 15) is 4.79 Å². The molecule has 0 aromatic carbocycles. The van der Waals surface area contributed by atoms with Crippen LogP contribution in [0.5, 0.6) is 0 Å². The topological polar surface area (TPSA) is 61.0 Å². The van der Waals surface area contributed by atoms with E-state index in [2.05, 4.69) is 20.2 Å². The molecular weight excluding hydrogens is 240 g/mol. The van der Waals surface area contributed by atoms with Crippen LogP contribution < -0.4 is 10.9 Å². The van der Waals surface area contributed by atoms with E-state index >= 15 is 0 Å². The fourth-order valence-corrected chi connectivity index (χ4v) is 3.31. The van der Waals surface area contributed by atoms with Gasteiger partial charge in [0.15, 0.2) is 0 Å². The number of anilines is 1. The minimum Gasteiger partial charge on any atom is -0.367 e. The molecule has 0 spiro atoms. The molecule has 0 radical (unpaired) electrons. The first-order chi connectivity index (χ1) is 9.24. The predicted octanol–water partition coefficient (Wildman–Crippen LogP) is 1.37. The van der Waals surface area contributed by atoms with E-state index in [1.165, 1.54) is 32.4 Å². The Morgan fingerprint density at radius 1 is 1.47 bits per heavy atom. The Kier molecular flexibility index (Phi) is 3.55. The quantitative estimate of drug-likeness (QED) is 0.863. The normalized spacial score (nSPS) is 27.2. The number of aromatic nitrogens is 2. The second-order valence-corrected chi connectivity index (χ2v) is 5.63. The average molecular weight is 262 g/mol. The summed E-state index contributed by atoms with van der Waals surface area (Å²) >= 11 is 0. The maximum Gasteiger partial charge on any atom is 0.252 e. The van der Waals surface area contributed by atoms with E-state index in [1.54, 1.807) is 6.07 Å². The lowest BCUT2D eigenvalue weighted by atomic mass is 9.97. The Hall–Kier alpha value is -1.36. The Bertz CT molecular complexity index is 498. The molecule has 0 amide bonds. The number of piperidine rings is 1. The lowest BCUT2D eigenvalue weighted by Crippen LogP contribution is -2.43. The van der Waals surface area contributed by atoms with Gasteiger partial charge in [0.2, 0.25) is 0 Å². The Morgan fingerprint density at radius 3 is 3.21 bits per heavy atom. The molecule has 104 valence electrons. The molecule has 2 unspecified atom stereocenters. The third-order valence-corrected chi connectivity index (χ3v) is 4.30. The number of H-pyrrole nitrogens is 1. The summed E-state index contributed by atoms with van der Waals surface area (Å²) in [7, 11) is 0. The number of hydrogen-bond donors (Lipinski definition) is 2. The largest absolute Gasteiger partial charge is 0.367 e. The minimum atomic E-state index is -0.0624. The van der Waals surface area contributed by atoms with Gasteiger partial charge in [-0.2, -0.15) is 0 Å². The highest BCUT2D eigenvalue weighted by atomic mass is 16.1. The van der Waals surface area contributed by atoms with Gasteiger partial charge in [0.25, 0.3) is 5.56 Å². The van der Waals surface area contributed by atoms with Crippen LogP contribution in [0.2, 0.25) is 0 Å². The van der Waals surface area contributed by atoms with Crippen molar-refractivity contribution in [2.45, 2.75) is 51.1 Å². The van der Waals surface area contributed by atoms with Crippen molar-refractivity contribution in [3.63, 3.8) is 0 Å². The summed E-state index contributed by atoms with van der Waals surface area (Å²) in [5.41, 5.74) is -0.0624. The molecule has 2 atom stereocenters. The van der Waals surface area contributed by atoms with Crippen molar-refractivity contribution in [1.82, 2.24) is 14.9 Å². The van der Waals surface area contributed by atoms with E-state index < -0.39 is 0 Å². The Labute approximate surface area is 113 Å². The number of fused-ring (bicyclic) bond motifs is 1. The average Bonchev–Trinajstić information content (AvgIpc) is 2.85. The molecule has 19 heavy (non-hydrogen) atoms. The zero-order valence-corrected chi connectivity index (χ0v) is 11.5. The van der Waals surface area contributed by atoms with Gasteiger partial charge in [0, 0.05) is 31.1 Å². The number of aromatic amines is 1. The van der Waals surface area contributed by atoms with E-state index in [1.807, 2.05) is 6.92 Å². The van der Waals surface area contributed by atoms with Gasteiger partial charge in [-0.05, 0) is 32.2 Å². The van der Waals surface area contributed by atoms with Crippen molar-refractivity contribution in [3.8, 4) is 0 Å². The van der Waals surface area contributed by atoms with Crippen molar-refractivity contribution < 1.29 is 0 Å². The van der Waals surface area contributed by atoms with Crippen LogP contribution in [-0.2, 0) is 6.42 Å². The lowest BCUT2D eigenvalue weighted by Gasteiger charge is -2.35. The molecule has 1 aromatic rings.